The molecule has 0 radical (unpaired) electrons. The standard InChI is InChI=1S/C13H23N3OS/c1-4-12-16-10(8-18-12)7-11(17)15-9-13(14,5-2)6-3/h8H,4-7,9,14H2,1-3H3,(H,15,17). The molecular formula is C13H23N3OS. The highest BCUT2D eigenvalue weighted by molar-refractivity contribution is 7.09. The number of thiazole rings is 1. The quantitative estimate of drug-likeness (QED) is 0.794. The number of aromatic nitrogens is 1. The first-order valence-corrected chi connectivity index (χ1v) is 7.39. The lowest BCUT2D eigenvalue weighted by atomic mass is 9.94. The molecule has 0 aliphatic heterocycles. The Hall–Kier alpha value is -0.940. The van der Waals surface area contributed by atoms with Crippen LogP contribution in [0.2, 0.25) is 0 Å². The smallest absolute Gasteiger partial charge is 0.226 e. The summed E-state index contributed by atoms with van der Waals surface area (Å²) in [6.07, 6.45) is 2.99. The topological polar surface area (TPSA) is 68.0 Å². The molecule has 0 fully saturated rings. The Bertz CT molecular complexity index is 385. The molecule has 0 aliphatic rings. The van der Waals surface area contributed by atoms with E-state index < -0.39 is 0 Å². The minimum atomic E-state index is -0.285. The molecule has 18 heavy (non-hydrogen) atoms. The summed E-state index contributed by atoms with van der Waals surface area (Å²) in [7, 11) is 0. The van der Waals surface area contributed by atoms with Gasteiger partial charge in [0.1, 0.15) is 0 Å². The van der Waals surface area contributed by atoms with Crippen molar-refractivity contribution in [2.24, 2.45) is 5.73 Å². The van der Waals surface area contributed by atoms with Gasteiger partial charge in [-0.1, -0.05) is 20.8 Å². The lowest BCUT2D eigenvalue weighted by molar-refractivity contribution is -0.120. The van der Waals surface area contributed by atoms with Crippen molar-refractivity contribution in [3.8, 4) is 0 Å². The number of nitrogens with two attached hydrogens (primary N) is 1. The Morgan fingerprint density at radius 2 is 2.11 bits per heavy atom. The summed E-state index contributed by atoms with van der Waals surface area (Å²) in [5.41, 5.74) is 6.70. The predicted octanol–water partition coefficient (Wildman–Crippen LogP) is 1.88. The van der Waals surface area contributed by atoms with E-state index in [9.17, 15) is 4.79 Å². The largest absolute Gasteiger partial charge is 0.354 e. The maximum atomic E-state index is 11.8. The van der Waals surface area contributed by atoms with E-state index in [1.54, 1.807) is 11.3 Å². The molecule has 1 rings (SSSR count). The third kappa shape index (κ3) is 4.38. The molecule has 1 heterocycles. The summed E-state index contributed by atoms with van der Waals surface area (Å²) in [5, 5.41) is 5.93. The van der Waals surface area contributed by atoms with Crippen LogP contribution in [0.1, 0.15) is 44.3 Å². The van der Waals surface area contributed by atoms with Crippen LogP contribution in [0, 0.1) is 0 Å². The number of nitrogens with one attached hydrogen (secondary N) is 1. The van der Waals surface area contributed by atoms with E-state index in [2.05, 4.69) is 17.2 Å². The van der Waals surface area contributed by atoms with Crippen LogP contribution >= 0.6 is 11.3 Å². The zero-order valence-electron chi connectivity index (χ0n) is 11.5. The number of aryl methyl sites for hydroxylation is 1. The van der Waals surface area contributed by atoms with E-state index in [0.29, 0.717) is 13.0 Å². The van der Waals surface area contributed by atoms with E-state index in [1.165, 1.54) is 0 Å². The van der Waals surface area contributed by atoms with Crippen LogP contribution in [0.4, 0.5) is 0 Å². The normalized spacial score (nSPS) is 11.6. The molecule has 0 aliphatic carbocycles. The molecular weight excluding hydrogens is 246 g/mol. The number of carbonyl (C=O) groups excluding carboxylic acids is 1. The maximum Gasteiger partial charge on any atom is 0.226 e. The Labute approximate surface area is 113 Å². The van der Waals surface area contributed by atoms with Gasteiger partial charge in [0.2, 0.25) is 5.91 Å². The van der Waals surface area contributed by atoms with Crippen LogP contribution in [0.15, 0.2) is 5.38 Å². The number of nitrogens with zero attached hydrogens (tertiary/aromatic N) is 1. The lowest BCUT2D eigenvalue weighted by Gasteiger charge is -2.26. The molecule has 102 valence electrons. The predicted molar refractivity (Wildman–Crippen MR) is 75.7 cm³/mol. The molecule has 0 saturated heterocycles. The van der Waals surface area contributed by atoms with Crippen LogP contribution in [0.5, 0.6) is 0 Å². The van der Waals surface area contributed by atoms with Crippen molar-refractivity contribution in [1.82, 2.24) is 10.3 Å². The van der Waals surface area contributed by atoms with Crippen molar-refractivity contribution >= 4 is 17.2 Å². The van der Waals surface area contributed by atoms with Crippen molar-refractivity contribution in [3.63, 3.8) is 0 Å². The third-order valence-corrected chi connectivity index (χ3v) is 4.33. The molecule has 1 amide bonds. The van der Waals surface area contributed by atoms with Crippen molar-refractivity contribution in [2.75, 3.05) is 6.54 Å². The first-order valence-electron chi connectivity index (χ1n) is 6.51. The zero-order chi connectivity index (χ0) is 13.6. The van der Waals surface area contributed by atoms with Gasteiger partial charge in [0.25, 0.3) is 0 Å². The number of carbonyl (C=O) groups is 1. The van der Waals surface area contributed by atoms with Crippen molar-refractivity contribution in [1.29, 1.82) is 0 Å². The second kappa shape index (κ2) is 6.85. The van der Waals surface area contributed by atoms with E-state index in [1.807, 2.05) is 19.2 Å². The SMILES string of the molecule is CCc1nc(CC(=O)NCC(N)(CC)CC)cs1. The number of hydrogen-bond donors (Lipinski definition) is 2. The van der Waals surface area contributed by atoms with Gasteiger partial charge in [-0.3, -0.25) is 4.79 Å². The van der Waals surface area contributed by atoms with Crippen molar-refractivity contribution in [3.05, 3.63) is 16.1 Å². The molecule has 0 bridgehead atoms. The minimum absolute atomic E-state index is 0.000298. The molecule has 0 atom stereocenters. The molecule has 0 unspecified atom stereocenters. The Kier molecular flexibility index (Phi) is 5.75. The molecule has 0 aromatic carbocycles. The number of hydrogen-bond acceptors (Lipinski definition) is 4. The average Bonchev–Trinajstić information content (AvgIpc) is 2.83. The van der Waals surface area contributed by atoms with E-state index in [0.717, 1.165) is 30.0 Å². The summed E-state index contributed by atoms with van der Waals surface area (Å²) >= 11 is 1.61. The van der Waals surface area contributed by atoms with Gasteiger partial charge < -0.3 is 11.1 Å². The lowest BCUT2D eigenvalue weighted by Crippen LogP contribution is -2.49. The highest BCUT2D eigenvalue weighted by atomic mass is 32.1. The third-order valence-electron chi connectivity index (χ3n) is 3.29. The molecule has 1 aromatic heterocycles. The highest BCUT2D eigenvalue weighted by Gasteiger charge is 2.20. The van der Waals surface area contributed by atoms with Crippen molar-refractivity contribution in [2.45, 2.75) is 52.0 Å². The second-order valence-corrected chi connectivity index (χ2v) is 5.55. The minimum Gasteiger partial charge on any atom is -0.354 e. The molecule has 3 N–H and O–H groups in total. The summed E-state index contributed by atoms with van der Waals surface area (Å²) < 4.78 is 0. The first-order chi connectivity index (χ1) is 8.53. The first kappa shape index (κ1) is 15.1. The summed E-state index contributed by atoms with van der Waals surface area (Å²) in [6, 6.07) is 0. The van der Waals surface area contributed by atoms with Gasteiger partial charge in [-0.2, -0.15) is 0 Å². The number of rotatable bonds is 7. The van der Waals surface area contributed by atoms with Crippen LogP contribution in [-0.4, -0.2) is 23.0 Å². The van der Waals surface area contributed by atoms with Crippen LogP contribution in [0.25, 0.3) is 0 Å². The van der Waals surface area contributed by atoms with Gasteiger partial charge in [0.15, 0.2) is 0 Å². The molecule has 5 heteroatoms. The Balaban J connectivity index is 2.42. The molecule has 0 spiro atoms. The van der Waals surface area contributed by atoms with Crippen LogP contribution in [0.3, 0.4) is 0 Å². The van der Waals surface area contributed by atoms with E-state index in [4.69, 9.17) is 5.73 Å². The average molecular weight is 269 g/mol. The van der Waals surface area contributed by atoms with Crippen LogP contribution in [-0.2, 0) is 17.6 Å². The summed E-state index contributed by atoms with van der Waals surface area (Å²) in [4.78, 5) is 16.2. The fourth-order valence-corrected chi connectivity index (χ4v) is 2.34. The summed E-state index contributed by atoms with van der Waals surface area (Å²) in [5.74, 6) is -0.000298. The molecule has 4 nitrogen and oxygen atoms in total. The maximum absolute atomic E-state index is 11.8. The van der Waals surface area contributed by atoms with Gasteiger partial charge in [-0.25, -0.2) is 4.98 Å². The Morgan fingerprint density at radius 3 is 2.61 bits per heavy atom. The van der Waals surface area contributed by atoms with Gasteiger partial charge in [-0.15, -0.1) is 11.3 Å². The van der Waals surface area contributed by atoms with E-state index >= 15 is 0 Å². The van der Waals surface area contributed by atoms with Gasteiger partial charge in [-0.05, 0) is 19.3 Å². The van der Waals surface area contributed by atoms with Gasteiger partial charge >= 0.3 is 0 Å². The van der Waals surface area contributed by atoms with Crippen LogP contribution < -0.4 is 11.1 Å². The second-order valence-electron chi connectivity index (χ2n) is 4.61. The zero-order valence-corrected chi connectivity index (χ0v) is 12.3. The van der Waals surface area contributed by atoms with Crippen molar-refractivity contribution < 1.29 is 4.79 Å². The fraction of sp³-hybridized carbons (Fsp3) is 0.692. The molecule has 0 saturated carbocycles. The summed E-state index contributed by atoms with van der Waals surface area (Å²) in [6.45, 7) is 6.69. The van der Waals surface area contributed by atoms with Gasteiger partial charge in [0, 0.05) is 17.5 Å². The van der Waals surface area contributed by atoms with Gasteiger partial charge in [0.05, 0.1) is 17.1 Å². The number of amides is 1. The fourth-order valence-electron chi connectivity index (χ4n) is 1.59. The van der Waals surface area contributed by atoms with E-state index in [-0.39, 0.29) is 11.4 Å². The molecule has 1 aromatic rings. The monoisotopic (exact) mass is 269 g/mol. The highest BCUT2D eigenvalue weighted by Crippen LogP contribution is 2.11. The Morgan fingerprint density at radius 1 is 1.44 bits per heavy atom.